The van der Waals surface area contributed by atoms with Gasteiger partial charge in [0.05, 0.1) is 6.20 Å². The van der Waals surface area contributed by atoms with Crippen molar-refractivity contribution in [3.63, 3.8) is 0 Å². The highest BCUT2D eigenvalue weighted by Crippen LogP contribution is 2.24. The second kappa shape index (κ2) is 4.51. The smallest absolute Gasteiger partial charge is 0.355 e. The lowest BCUT2D eigenvalue weighted by Gasteiger charge is -2.05. The minimum atomic E-state index is -1.20. The summed E-state index contributed by atoms with van der Waals surface area (Å²) in [4.78, 5) is 14.5. The zero-order chi connectivity index (χ0) is 12.4. The van der Waals surface area contributed by atoms with E-state index in [9.17, 15) is 9.18 Å². The van der Waals surface area contributed by atoms with E-state index >= 15 is 0 Å². The zero-order valence-electron chi connectivity index (χ0n) is 8.52. The second-order valence-corrected chi connectivity index (χ2v) is 3.80. The van der Waals surface area contributed by atoms with Crippen LogP contribution in [0.2, 0.25) is 5.02 Å². The molecule has 1 aromatic carbocycles. The summed E-state index contributed by atoms with van der Waals surface area (Å²) in [5, 5.41) is 9.48. The summed E-state index contributed by atoms with van der Waals surface area (Å²) in [6.07, 6.45) is 0.878. The quantitative estimate of drug-likeness (QED) is 0.891. The van der Waals surface area contributed by atoms with Gasteiger partial charge in [0.1, 0.15) is 5.82 Å². The lowest BCUT2D eigenvalue weighted by atomic mass is 10.0. The van der Waals surface area contributed by atoms with E-state index in [0.717, 1.165) is 12.3 Å². The maximum absolute atomic E-state index is 13.1. The first-order chi connectivity index (χ1) is 8.08. The third-order valence-electron chi connectivity index (χ3n) is 2.21. The normalized spacial score (nSPS) is 10.2. The maximum atomic E-state index is 13.1. The number of rotatable bonds is 2. The number of halogens is 2. The van der Waals surface area contributed by atoms with E-state index in [2.05, 4.69) is 4.98 Å². The molecule has 1 heterocycles. The zero-order valence-corrected chi connectivity index (χ0v) is 9.28. The molecule has 86 valence electrons. The van der Waals surface area contributed by atoms with E-state index < -0.39 is 11.8 Å². The Labute approximate surface area is 101 Å². The molecule has 3 nitrogen and oxygen atoms in total. The van der Waals surface area contributed by atoms with Gasteiger partial charge in [-0.3, -0.25) is 0 Å². The van der Waals surface area contributed by atoms with Crippen molar-refractivity contribution in [2.45, 2.75) is 0 Å². The highest BCUT2D eigenvalue weighted by atomic mass is 35.5. The molecular formula is C12H7ClFNO2. The van der Waals surface area contributed by atoms with Crippen LogP contribution in [-0.4, -0.2) is 16.1 Å². The summed E-state index contributed by atoms with van der Waals surface area (Å²) in [6, 6.07) is 7.58. The standard InChI is InChI=1S/C12H7ClFNO2/c13-8-3-1-7(2-4-8)10-5-9(14)6-15-11(10)12(16)17/h1-6H,(H,16,17). The van der Waals surface area contributed by atoms with Gasteiger partial charge in [0.25, 0.3) is 0 Å². The van der Waals surface area contributed by atoms with E-state index in [0.29, 0.717) is 10.6 Å². The molecule has 0 spiro atoms. The number of nitrogens with zero attached hydrogens (tertiary/aromatic N) is 1. The molecule has 0 amide bonds. The monoisotopic (exact) mass is 251 g/mol. The first-order valence-electron chi connectivity index (χ1n) is 4.72. The molecule has 0 aliphatic heterocycles. The molecule has 1 N–H and O–H groups in total. The number of hydrogen-bond acceptors (Lipinski definition) is 2. The van der Waals surface area contributed by atoms with Crippen molar-refractivity contribution in [1.82, 2.24) is 4.98 Å². The minimum Gasteiger partial charge on any atom is -0.476 e. The van der Waals surface area contributed by atoms with E-state index in [4.69, 9.17) is 16.7 Å². The fourth-order valence-electron chi connectivity index (χ4n) is 1.46. The lowest BCUT2D eigenvalue weighted by Crippen LogP contribution is -2.03. The number of carboxylic acid groups (broad SMARTS) is 1. The Balaban J connectivity index is 2.60. The molecule has 0 saturated heterocycles. The van der Waals surface area contributed by atoms with Gasteiger partial charge in [0, 0.05) is 10.6 Å². The number of pyridine rings is 1. The summed E-state index contributed by atoms with van der Waals surface area (Å²) in [6.45, 7) is 0. The molecule has 17 heavy (non-hydrogen) atoms. The van der Waals surface area contributed by atoms with Gasteiger partial charge in [-0.1, -0.05) is 23.7 Å². The van der Waals surface area contributed by atoms with Crippen molar-refractivity contribution in [3.05, 3.63) is 53.1 Å². The van der Waals surface area contributed by atoms with Crippen LogP contribution in [0.3, 0.4) is 0 Å². The molecule has 2 rings (SSSR count). The molecule has 0 fully saturated rings. The average Bonchev–Trinajstić information content (AvgIpc) is 2.29. The fraction of sp³-hybridized carbons (Fsp3) is 0. The predicted octanol–water partition coefficient (Wildman–Crippen LogP) is 3.24. The summed E-state index contributed by atoms with van der Waals surface area (Å²) < 4.78 is 13.1. The van der Waals surface area contributed by atoms with Crippen LogP contribution in [0, 0.1) is 5.82 Å². The highest BCUT2D eigenvalue weighted by Gasteiger charge is 2.14. The largest absolute Gasteiger partial charge is 0.476 e. The predicted molar refractivity (Wildman–Crippen MR) is 61.6 cm³/mol. The number of benzene rings is 1. The third kappa shape index (κ3) is 2.42. The Morgan fingerprint density at radius 1 is 1.29 bits per heavy atom. The molecule has 0 radical (unpaired) electrons. The Kier molecular flexibility index (Phi) is 3.06. The van der Waals surface area contributed by atoms with Crippen LogP contribution >= 0.6 is 11.6 Å². The molecule has 0 aliphatic carbocycles. The summed E-state index contributed by atoms with van der Waals surface area (Å²) in [5.41, 5.74) is 0.599. The number of aromatic carboxylic acids is 1. The van der Waals surface area contributed by atoms with Gasteiger partial charge < -0.3 is 5.11 Å². The van der Waals surface area contributed by atoms with Gasteiger partial charge in [0.2, 0.25) is 0 Å². The van der Waals surface area contributed by atoms with Gasteiger partial charge in [-0.25, -0.2) is 14.2 Å². The van der Waals surface area contributed by atoms with E-state index in [-0.39, 0.29) is 11.3 Å². The highest BCUT2D eigenvalue weighted by molar-refractivity contribution is 6.30. The van der Waals surface area contributed by atoms with Crippen molar-refractivity contribution in [3.8, 4) is 11.1 Å². The Hall–Kier alpha value is -1.94. The van der Waals surface area contributed by atoms with Crippen LogP contribution in [0.25, 0.3) is 11.1 Å². The topological polar surface area (TPSA) is 50.2 Å². The second-order valence-electron chi connectivity index (χ2n) is 3.36. The Morgan fingerprint density at radius 3 is 2.53 bits per heavy atom. The molecule has 2 aromatic rings. The SMILES string of the molecule is O=C(O)c1ncc(F)cc1-c1ccc(Cl)cc1. The van der Waals surface area contributed by atoms with Gasteiger partial charge >= 0.3 is 5.97 Å². The van der Waals surface area contributed by atoms with Gasteiger partial charge in [-0.15, -0.1) is 0 Å². The molecule has 5 heteroatoms. The van der Waals surface area contributed by atoms with Crippen LogP contribution in [0.5, 0.6) is 0 Å². The van der Waals surface area contributed by atoms with Gasteiger partial charge in [0.15, 0.2) is 5.69 Å². The summed E-state index contributed by atoms with van der Waals surface area (Å²) in [7, 11) is 0. The average molecular weight is 252 g/mol. The minimum absolute atomic E-state index is 0.186. The third-order valence-corrected chi connectivity index (χ3v) is 2.46. The molecular weight excluding hydrogens is 245 g/mol. The molecule has 0 bridgehead atoms. The Bertz CT molecular complexity index is 569. The fourth-order valence-corrected chi connectivity index (χ4v) is 1.59. The van der Waals surface area contributed by atoms with Crippen LogP contribution < -0.4 is 0 Å². The van der Waals surface area contributed by atoms with E-state index in [1.165, 1.54) is 0 Å². The number of carboxylic acids is 1. The van der Waals surface area contributed by atoms with E-state index in [1.54, 1.807) is 24.3 Å². The maximum Gasteiger partial charge on any atom is 0.355 e. The van der Waals surface area contributed by atoms with Gasteiger partial charge in [-0.05, 0) is 23.8 Å². The van der Waals surface area contributed by atoms with Crippen molar-refractivity contribution < 1.29 is 14.3 Å². The number of hydrogen-bond donors (Lipinski definition) is 1. The Morgan fingerprint density at radius 2 is 1.94 bits per heavy atom. The van der Waals surface area contributed by atoms with Crippen LogP contribution in [-0.2, 0) is 0 Å². The van der Waals surface area contributed by atoms with Crippen molar-refractivity contribution >= 4 is 17.6 Å². The van der Waals surface area contributed by atoms with Crippen LogP contribution in [0.15, 0.2) is 36.5 Å². The van der Waals surface area contributed by atoms with Crippen molar-refractivity contribution in [1.29, 1.82) is 0 Å². The molecule has 0 atom stereocenters. The molecule has 0 saturated carbocycles. The van der Waals surface area contributed by atoms with E-state index in [1.807, 2.05) is 0 Å². The first-order valence-corrected chi connectivity index (χ1v) is 5.10. The summed E-state index contributed by atoms with van der Waals surface area (Å²) >= 11 is 5.73. The summed E-state index contributed by atoms with van der Waals surface area (Å²) in [5.74, 6) is -1.78. The number of aromatic nitrogens is 1. The van der Waals surface area contributed by atoms with Crippen molar-refractivity contribution in [2.75, 3.05) is 0 Å². The van der Waals surface area contributed by atoms with Gasteiger partial charge in [-0.2, -0.15) is 0 Å². The van der Waals surface area contributed by atoms with Crippen LogP contribution in [0.4, 0.5) is 4.39 Å². The first kappa shape index (κ1) is 11.5. The molecule has 0 unspecified atom stereocenters. The lowest BCUT2D eigenvalue weighted by molar-refractivity contribution is 0.0691. The van der Waals surface area contributed by atoms with Crippen molar-refractivity contribution in [2.24, 2.45) is 0 Å². The molecule has 0 aliphatic rings. The molecule has 1 aromatic heterocycles. The number of carbonyl (C=O) groups is 1. The van der Waals surface area contributed by atoms with Crippen LogP contribution in [0.1, 0.15) is 10.5 Å².